The molecule has 0 aromatic carbocycles. The van der Waals surface area contributed by atoms with Crippen molar-refractivity contribution in [1.82, 2.24) is 20.5 Å². The summed E-state index contributed by atoms with van der Waals surface area (Å²) in [7, 11) is 0. The second kappa shape index (κ2) is 12.2. The fourth-order valence-electron chi connectivity index (χ4n) is 3.52. The van der Waals surface area contributed by atoms with E-state index in [-0.39, 0.29) is 24.0 Å². The molecule has 1 aromatic heterocycles. The first-order chi connectivity index (χ1) is 12.8. The Hall–Kier alpha value is -0.490. The van der Waals surface area contributed by atoms with Gasteiger partial charge in [0, 0.05) is 55.8 Å². The smallest absolute Gasteiger partial charge is 0.191 e. The molecule has 2 N–H and O–H groups in total. The van der Waals surface area contributed by atoms with E-state index in [1.807, 2.05) is 6.20 Å². The fraction of sp³-hybridized carbons (Fsp3) is 0.778. The van der Waals surface area contributed by atoms with E-state index in [2.05, 4.69) is 34.4 Å². The second-order valence-corrected chi connectivity index (χ2v) is 8.10. The Bertz CT molecular complexity index is 574. The number of aryl methyl sites for hydroxylation is 1. The number of guanidine groups is 1. The van der Waals surface area contributed by atoms with Gasteiger partial charge in [0.2, 0.25) is 0 Å². The molecule has 2 aliphatic rings. The van der Waals surface area contributed by atoms with Crippen LogP contribution in [0.15, 0.2) is 11.2 Å². The molecule has 2 saturated heterocycles. The molecule has 3 heterocycles. The Kier molecular flexibility index (Phi) is 10.3. The number of hydrogen-bond donors (Lipinski definition) is 2. The van der Waals surface area contributed by atoms with E-state index in [0.29, 0.717) is 18.5 Å². The minimum absolute atomic E-state index is 0. The Balaban J connectivity index is 0.00000261. The number of halogens is 1. The van der Waals surface area contributed by atoms with Crippen LogP contribution in [0, 0.1) is 12.8 Å². The number of nitrogens with zero attached hydrogens (tertiary/aromatic N) is 3. The first kappa shape index (κ1) is 22.8. The van der Waals surface area contributed by atoms with Gasteiger partial charge < -0.3 is 20.1 Å². The minimum atomic E-state index is 0. The molecular weight excluding hydrogens is 477 g/mol. The summed E-state index contributed by atoms with van der Waals surface area (Å²) < 4.78 is 11.2. The number of hydrogen-bond acceptors (Lipinski definition) is 6. The Labute approximate surface area is 183 Å². The highest BCUT2D eigenvalue weighted by Crippen LogP contribution is 2.21. The predicted molar refractivity (Wildman–Crippen MR) is 120 cm³/mol. The third-order valence-electron chi connectivity index (χ3n) is 4.89. The normalized spacial score (nSPS) is 22.3. The molecule has 27 heavy (non-hydrogen) atoms. The third kappa shape index (κ3) is 7.12. The zero-order valence-electron chi connectivity index (χ0n) is 16.3. The topological polar surface area (TPSA) is 71.0 Å². The van der Waals surface area contributed by atoms with E-state index < -0.39 is 0 Å². The molecule has 0 radical (unpaired) electrons. The maximum absolute atomic E-state index is 5.65. The van der Waals surface area contributed by atoms with Crippen LogP contribution in [0.25, 0.3) is 0 Å². The van der Waals surface area contributed by atoms with E-state index in [9.17, 15) is 0 Å². The summed E-state index contributed by atoms with van der Waals surface area (Å²) in [6.45, 7) is 11.9. The molecule has 9 heteroatoms. The van der Waals surface area contributed by atoms with Gasteiger partial charge in [0.1, 0.15) is 5.01 Å². The van der Waals surface area contributed by atoms with Crippen molar-refractivity contribution in [2.45, 2.75) is 32.9 Å². The maximum Gasteiger partial charge on any atom is 0.191 e. The molecular formula is C18H32IN5O2S. The molecule has 0 aliphatic carbocycles. The van der Waals surface area contributed by atoms with Crippen molar-refractivity contribution in [3.8, 4) is 0 Å². The third-order valence-corrected chi connectivity index (χ3v) is 5.79. The van der Waals surface area contributed by atoms with Crippen LogP contribution in [0.4, 0.5) is 0 Å². The Morgan fingerprint density at radius 3 is 2.78 bits per heavy atom. The fourth-order valence-corrected chi connectivity index (χ4v) is 4.24. The van der Waals surface area contributed by atoms with Crippen LogP contribution in [0.1, 0.15) is 23.2 Å². The van der Waals surface area contributed by atoms with Gasteiger partial charge in [-0.15, -0.1) is 35.3 Å². The molecule has 2 atom stereocenters. The number of thiazole rings is 1. The van der Waals surface area contributed by atoms with Crippen molar-refractivity contribution < 1.29 is 9.47 Å². The number of aliphatic imine (C=N–C) groups is 1. The Morgan fingerprint density at radius 2 is 2.15 bits per heavy atom. The lowest BCUT2D eigenvalue weighted by Gasteiger charge is -2.37. The van der Waals surface area contributed by atoms with Crippen molar-refractivity contribution in [3.63, 3.8) is 0 Å². The van der Waals surface area contributed by atoms with Crippen molar-refractivity contribution in [2.24, 2.45) is 10.9 Å². The van der Waals surface area contributed by atoms with Crippen molar-refractivity contribution in [1.29, 1.82) is 0 Å². The second-order valence-electron chi connectivity index (χ2n) is 6.78. The quantitative estimate of drug-likeness (QED) is 0.332. The van der Waals surface area contributed by atoms with Gasteiger partial charge in [-0.3, -0.25) is 4.90 Å². The van der Waals surface area contributed by atoms with Crippen molar-refractivity contribution in [2.75, 3.05) is 52.6 Å². The van der Waals surface area contributed by atoms with E-state index in [1.54, 1.807) is 11.3 Å². The summed E-state index contributed by atoms with van der Waals surface area (Å²) in [5, 5.41) is 7.95. The zero-order chi connectivity index (χ0) is 18.2. The SMILES string of the molecule is CCNC(=NCc1ncc(C)s1)NCC(C1CCOC1)N1CCOCC1.I. The van der Waals surface area contributed by atoms with Crippen LogP contribution in [0.2, 0.25) is 0 Å². The number of rotatable bonds is 7. The molecule has 0 bridgehead atoms. The number of aromatic nitrogens is 1. The molecule has 7 nitrogen and oxygen atoms in total. The van der Waals surface area contributed by atoms with Crippen molar-refractivity contribution >= 4 is 41.3 Å². The summed E-state index contributed by atoms with van der Waals surface area (Å²) in [6.07, 6.45) is 3.04. The molecule has 0 amide bonds. The highest BCUT2D eigenvalue weighted by Gasteiger charge is 2.31. The summed E-state index contributed by atoms with van der Waals surface area (Å²) in [6, 6.07) is 0.451. The molecule has 2 unspecified atom stereocenters. The van der Waals surface area contributed by atoms with Gasteiger partial charge in [0.05, 0.1) is 26.4 Å². The number of nitrogens with one attached hydrogen (secondary N) is 2. The largest absolute Gasteiger partial charge is 0.381 e. The van der Waals surface area contributed by atoms with Crippen LogP contribution in [0.3, 0.4) is 0 Å². The van der Waals surface area contributed by atoms with Gasteiger partial charge in [0.15, 0.2) is 5.96 Å². The van der Waals surface area contributed by atoms with E-state index in [1.165, 1.54) is 4.88 Å². The van der Waals surface area contributed by atoms with Crippen LogP contribution in [0.5, 0.6) is 0 Å². The maximum atomic E-state index is 5.65. The zero-order valence-corrected chi connectivity index (χ0v) is 19.4. The molecule has 1 aromatic rings. The molecule has 2 aliphatic heterocycles. The summed E-state index contributed by atoms with van der Waals surface area (Å²) in [5.41, 5.74) is 0. The highest BCUT2D eigenvalue weighted by molar-refractivity contribution is 14.0. The van der Waals surface area contributed by atoms with Gasteiger partial charge in [-0.05, 0) is 20.3 Å². The van der Waals surface area contributed by atoms with Gasteiger partial charge >= 0.3 is 0 Å². The molecule has 3 rings (SSSR count). The first-order valence-corrected chi connectivity index (χ1v) is 10.4. The number of ether oxygens (including phenoxy) is 2. The average molecular weight is 509 g/mol. The molecule has 2 fully saturated rings. The Morgan fingerprint density at radius 1 is 1.33 bits per heavy atom. The summed E-state index contributed by atoms with van der Waals surface area (Å²) >= 11 is 1.70. The van der Waals surface area contributed by atoms with Gasteiger partial charge in [-0.2, -0.15) is 0 Å². The minimum Gasteiger partial charge on any atom is -0.381 e. The first-order valence-electron chi connectivity index (χ1n) is 9.59. The van der Waals surface area contributed by atoms with E-state index in [4.69, 9.17) is 14.5 Å². The molecule has 0 saturated carbocycles. The monoisotopic (exact) mass is 509 g/mol. The lowest BCUT2D eigenvalue weighted by Crippen LogP contribution is -2.53. The lowest BCUT2D eigenvalue weighted by molar-refractivity contribution is 0.00246. The summed E-state index contributed by atoms with van der Waals surface area (Å²) in [5.74, 6) is 1.43. The number of morpholine rings is 1. The van der Waals surface area contributed by atoms with Crippen LogP contribution in [-0.2, 0) is 16.0 Å². The van der Waals surface area contributed by atoms with Crippen LogP contribution < -0.4 is 10.6 Å². The standard InChI is InChI=1S/C18H31N5O2S.HI/c1-3-19-18(22-12-17-20-10-14(2)26-17)21-11-16(15-4-7-25-13-15)23-5-8-24-9-6-23;/h10,15-16H,3-9,11-13H2,1-2H3,(H2,19,21,22);1H. The van der Waals surface area contributed by atoms with Gasteiger partial charge in [-0.1, -0.05) is 0 Å². The average Bonchev–Trinajstić information content (AvgIpc) is 3.33. The van der Waals surface area contributed by atoms with Gasteiger partial charge in [0.25, 0.3) is 0 Å². The van der Waals surface area contributed by atoms with Gasteiger partial charge in [-0.25, -0.2) is 9.98 Å². The molecule has 154 valence electrons. The lowest BCUT2D eigenvalue weighted by atomic mass is 9.97. The van der Waals surface area contributed by atoms with E-state index in [0.717, 1.165) is 70.0 Å². The molecule has 0 spiro atoms. The van der Waals surface area contributed by atoms with Crippen LogP contribution in [-0.4, -0.2) is 74.5 Å². The predicted octanol–water partition coefficient (Wildman–Crippen LogP) is 1.86. The van der Waals surface area contributed by atoms with E-state index >= 15 is 0 Å². The summed E-state index contributed by atoms with van der Waals surface area (Å²) in [4.78, 5) is 12.9. The van der Waals surface area contributed by atoms with Crippen LogP contribution >= 0.6 is 35.3 Å². The van der Waals surface area contributed by atoms with Crippen molar-refractivity contribution in [3.05, 3.63) is 16.1 Å². The highest BCUT2D eigenvalue weighted by atomic mass is 127.